The standard InChI is InChI=1S/C28H28ClN5O5/c1-5-33(28(36)32-23-12-7-6-11-22(23)29)21-16-30-34(17-21)20-10-8-9-18(13-20)27(35)31-19-14-24(37-2)26(39-4)25(15-19)38-3/h6-17H,5H2,1-4H3,(H,31,35)(H,32,36). The lowest BCUT2D eigenvalue weighted by atomic mass is 10.1. The Hall–Kier alpha value is -4.70. The van der Waals surface area contributed by atoms with Crippen molar-refractivity contribution in [1.29, 1.82) is 0 Å². The van der Waals surface area contributed by atoms with Gasteiger partial charge in [0.15, 0.2) is 11.5 Å². The molecule has 3 aromatic carbocycles. The van der Waals surface area contributed by atoms with E-state index in [1.807, 2.05) is 13.0 Å². The Bertz CT molecular complexity index is 1460. The number of amides is 3. The Kier molecular flexibility index (Phi) is 8.57. The summed E-state index contributed by atoms with van der Waals surface area (Å²) in [6.07, 6.45) is 3.30. The lowest BCUT2D eigenvalue weighted by Gasteiger charge is -2.20. The molecule has 0 saturated heterocycles. The number of anilines is 3. The van der Waals surface area contributed by atoms with Crippen LogP contribution in [0.1, 0.15) is 17.3 Å². The number of methoxy groups -OCH3 is 3. The fraction of sp³-hybridized carbons (Fsp3) is 0.179. The van der Waals surface area contributed by atoms with E-state index in [1.165, 1.54) is 26.2 Å². The van der Waals surface area contributed by atoms with Crippen LogP contribution in [0.5, 0.6) is 17.2 Å². The number of hydrogen-bond acceptors (Lipinski definition) is 6. The van der Waals surface area contributed by atoms with Crippen molar-refractivity contribution in [2.75, 3.05) is 43.4 Å². The number of carbonyl (C=O) groups excluding carboxylic acids is 2. The number of ether oxygens (including phenoxy) is 3. The zero-order chi connectivity index (χ0) is 27.9. The van der Waals surface area contributed by atoms with Gasteiger partial charge in [0.05, 0.1) is 55.8 Å². The van der Waals surface area contributed by atoms with Crippen LogP contribution < -0.4 is 29.7 Å². The van der Waals surface area contributed by atoms with E-state index in [2.05, 4.69) is 15.7 Å². The molecular formula is C28H28ClN5O5. The molecule has 0 radical (unpaired) electrons. The minimum Gasteiger partial charge on any atom is -0.493 e. The van der Waals surface area contributed by atoms with Crippen molar-refractivity contribution >= 4 is 40.6 Å². The zero-order valence-corrected chi connectivity index (χ0v) is 22.7. The molecule has 0 fully saturated rings. The number of aromatic nitrogens is 2. The van der Waals surface area contributed by atoms with Crippen molar-refractivity contribution in [3.63, 3.8) is 0 Å². The van der Waals surface area contributed by atoms with E-state index in [0.29, 0.717) is 57.1 Å². The summed E-state index contributed by atoms with van der Waals surface area (Å²) in [6.45, 7) is 2.26. The molecule has 4 rings (SSSR count). The fourth-order valence-corrected chi connectivity index (χ4v) is 4.11. The number of para-hydroxylation sites is 1. The Morgan fingerprint density at radius 1 is 0.949 bits per heavy atom. The second kappa shape index (κ2) is 12.2. The zero-order valence-electron chi connectivity index (χ0n) is 21.9. The molecule has 0 aliphatic rings. The Balaban J connectivity index is 1.52. The average Bonchev–Trinajstić information content (AvgIpc) is 3.44. The molecule has 10 nitrogen and oxygen atoms in total. The van der Waals surface area contributed by atoms with Gasteiger partial charge in [-0.25, -0.2) is 9.48 Å². The number of nitrogens with zero attached hydrogens (tertiary/aromatic N) is 3. The molecule has 0 bridgehead atoms. The van der Waals surface area contributed by atoms with Crippen LogP contribution >= 0.6 is 11.6 Å². The highest BCUT2D eigenvalue weighted by molar-refractivity contribution is 6.33. The van der Waals surface area contributed by atoms with E-state index in [4.69, 9.17) is 25.8 Å². The summed E-state index contributed by atoms with van der Waals surface area (Å²) >= 11 is 6.18. The van der Waals surface area contributed by atoms with Crippen LogP contribution in [-0.4, -0.2) is 49.6 Å². The van der Waals surface area contributed by atoms with E-state index in [-0.39, 0.29) is 11.9 Å². The molecule has 0 atom stereocenters. The first-order chi connectivity index (χ1) is 18.9. The van der Waals surface area contributed by atoms with Crippen LogP contribution in [0.15, 0.2) is 73.1 Å². The fourth-order valence-electron chi connectivity index (χ4n) is 3.93. The van der Waals surface area contributed by atoms with Crippen LogP contribution in [0.3, 0.4) is 0 Å². The van der Waals surface area contributed by atoms with E-state index >= 15 is 0 Å². The van der Waals surface area contributed by atoms with Crippen LogP contribution in [0.2, 0.25) is 5.02 Å². The lowest BCUT2D eigenvalue weighted by molar-refractivity contribution is 0.102. The number of halogens is 1. The summed E-state index contributed by atoms with van der Waals surface area (Å²) in [6, 6.07) is 16.9. The molecule has 0 spiro atoms. The summed E-state index contributed by atoms with van der Waals surface area (Å²) in [5.41, 5.74) is 2.61. The van der Waals surface area contributed by atoms with Crippen molar-refractivity contribution in [3.8, 4) is 22.9 Å². The highest BCUT2D eigenvalue weighted by Crippen LogP contribution is 2.40. The van der Waals surface area contributed by atoms with Gasteiger partial charge in [0.2, 0.25) is 5.75 Å². The third-order valence-electron chi connectivity index (χ3n) is 5.85. The highest BCUT2D eigenvalue weighted by Gasteiger charge is 2.18. The van der Waals surface area contributed by atoms with Gasteiger partial charge in [-0.3, -0.25) is 9.69 Å². The van der Waals surface area contributed by atoms with E-state index in [1.54, 1.807) is 71.7 Å². The summed E-state index contributed by atoms with van der Waals surface area (Å²) in [5, 5.41) is 10.5. The topological polar surface area (TPSA) is 107 Å². The molecular weight excluding hydrogens is 522 g/mol. The van der Waals surface area contributed by atoms with Gasteiger partial charge in [-0.05, 0) is 37.3 Å². The third-order valence-corrected chi connectivity index (χ3v) is 6.18. The molecule has 1 aromatic heterocycles. The monoisotopic (exact) mass is 549 g/mol. The first-order valence-corrected chi connectivity index (χ1v) is 12.4. The van der Waals surface area contributed by atoms with Crippen molar-refractivity contribution in [3.05, 3.63) is 83.6 Å². The number of urea groups is 1. The van der Waals surface area contributed by atoms with Gasteiger partial charge in [0, 0.05) is 29.9 Å². The molecule has 2 N–H and O–H groups in total. The SMILES string of the molecule is CCN(C(=O)Nc1ccccc1Cl)c1cnn(-c2cccc(C(=O)Nc3cc(OC)c(OC)c(OC)c3)c2)c1. The van der Waals surface area contributed by atoms with Gasteiger partial charge < -0.3 is 24.8 Å². The van der Waals surface area contributed by atoms with E-state index in [0.717, 1.165) is 0 Å². The van der Waals surface area contributed by atoms with Gasteiger partial charge in [0.1, 0.15) is 0 Å². The Morgan fingerprint density at radius 3 is 2.31 bits per heavy atom. The van der Waals surface area contributed by atoms with Crippen molar-refractivity contribution < 1.29 is 23.8 Å². The summed E-state index contributed by atoms with van der Waals surface area (Å²) in [5.74, 6) is 0.928. The summed E-state index contributed by atoms with van der Waals surface area (Å²) in [7, 11) is 4.52. The first-order valence-electron chi connectivity index (χ1n) is 12.0. The summed E-state index contributed by atoms with van der Waals surface area (Å²) in [4.78, 5) is 27.5. The average molecular weight is 550 g/mol. The van der Waals surface area contributed by atoms with Crippen molar-refractivity contribution in [1.82, 2.24) is 9.78 Å². The third kappa shape index (κ3) is 6.07. The Morgan fingerprint density at radius 2 is 1.67 bits per heavy atom. The van der Waals surface area contributed by atoms with Crippen LogP contribution in [0.25, 0.3) is 5.69 Å². The molecule has 11 heteroatoms. The summed E-state index contributed by atoms with van der Waals surface area (Å²) < 4.78 is 17.7. The smallest absolute Gasteiger partial charge is 0.326 e. The number of benzene rings is 3. The molecule has 0 aliphatic carbocycles. The number of nitrogens with one attached hydrogen (secondary N) is 2. The predicted molar refractivity (Wildman–Crippen MR) is 151 cm³/mol. The maximum atomic E-state index is 13.1. The molecule has 1 heterocycles. The second-order valence-corrected chi connectivity index (χ2v) is 8.62. The number of carbonyl (C=O) groups is 2. The number of rotatable bonds is 9. The lowest BCUT2D eigenvalue weighted by Crippen LogP contribution is -2.34. The van der Waals surface area contributed by atoms with E-state index < -0.39 is 0 Å². The van der Waals surface area contributed by atoms with Gasteiger partial charge in [0.25, 0.3) is 5.91 Å². The molecule has 4 aromatic rings. The van der Waals surface area contributed by atoms with Crippen molar-refractivity contribution in [2.24, 2.45) is 0 Å². The minimum atomic E-state index is -0.344. The largest absolute Gasteiger partial charge is 0.493 e. The Labute approximate surface area is 231 Å². The van der Waals surface area contributed by atoms with Gasteiger partial charge in [-0.1, -0.05) is 29.8 Å². The van der Waals surface area contributed by atoms with Gasteiger partial charge in [-0.15, -0.1) is 0 Å². The minimum absolute atomic E-state index is 0.340. The van der Waals surface area contributed by atoms with Gasteiger partial charge >= 0.3 is 6.03 Å². The predicted octanol–water partition coefficient (Wildman–Crippen LogP) is 5.86. The van der Waals surface area contributed by atoms with Crippen LogP contribution in [0.4, 0.5) is 21.9 Å². The van der Waals surface area contributed by atoms with E-state index in [9.17, 15) is 9.59 Å². The van der Waals surface area contributed by atoms with Crippen LogP contribution in [-0.2, 0) is 0 Å². The molecule has 0 unspecified atom stereocenters. The van der Waals surface area contributed by atoms with Crippen LogP contribution in [0, 0.1) is 0 Å². The molecule has 0 saturated carbocycles. The quantitative estimate of drug-likeness (QED) is 0.271. The molecule has 0 aliphatic heterocycles. The maximum absolute atomic E-state index is 13.1. The maximum Gasteiger partial charge on any atom is 0.326 e. The molecule has 39 heavy (non-hydrogen) atoms. The normalized spacial score (nSPS) is 10.5. The molecule has 3 amide bonds. The van der Waals surface area contributed by atoms with Gasteiger partial charge in [-0.2, -0.15) is 5.10 Å². The molecule has 202 valence electrons. The first kappa shape index (κ1) is 27.3. The second-order valence-electron chi connectivity index (χ2n) is 8.22. The van der Waals surface area contributed by atoms with Crippen molar-refractivity contribution in [2.45, 2.75) is 6.92 Å². The highest BCUT2D eigenvalue weighted by atomic mass is 35.5. The number of hydrogen-bond donors (Lipinski definition) is 2.